The average Bonchev–Trinajstić information content (AvgIpc) is 3.18. The quantitative estimate of drug-likeness (QED) is 0.633. The van der Waals surface area contributed by atoms with Gasteiger partial charge in [0.1, 0.15) is 0 Å². The minimum absolute atomic E-state index is 0.119. The van der Waals surface area contributed by atoms with E-state index in [9.17, 15) is 5.11 Å². The van der Waals surface area contributed by atoms with E-state index in [1.54, 1.807) is 0 Å². The van der Waals surface area contributed by atoms with Gasteiger partial charge in [0.2, 0.25) is 0 Å². The van der Waals surface area contributed by atoms with E-state index in [-0.39, 0.29) is 13.4 Å². The molecule has 0 fully saturated rings. The van der Waals surface area contributed by atoms with Gasteiger partial charge in [0, 0.05) is 0 Å². The monoisotopic (exact) mass is 404 g/mol. The summed E-state index contributed by atoms with van der Waals surface area (Å²) in [5.41, 5.74) is 1.54. The fourth-order valence-electron chi connectivity index (χ4n) is 2.46. The van der Waals surface area contributed by atoms with Crippen LogP contribution in [0.2, 0.25) is 0 Å². The standard InChI is InChI=1S/C15H13AsN4O3S/c16-13-12-14(18-7-17-13)20(4-1-5-21)15(19-12)24-9-2-3-10-11(6-9)23-8-22-10/h2-3,6-7,21H,1,4-5,8H2. The number of ether oxygens (including phenoxy) is 2. The van der Waals surface area contributed by atoms with Crippen LogP contribution in [0.3, 0.4) is 0 Å². The SMILES string of the molecule is OCCCn1c(Sc2ccc3c(c2)OCO3)nc2c([As])ncnc21. The van der Waals surface area contributed by atoms with Crippen LogP contribution in [-0.2, 0) is 6.54 Å². The number of aromatic nitrogens is 4. The molecule has 1 N–H and O–H groups in total. The molecule has 0 unspecified atom stereocenters. The van der Waals surface area contributed by atoms with Gasteiger partial charge < -0.3 is 0 Å². The normalized spacial score (nSPS) is 12.9. The second-order valence-electron chi connectivity index (χ2n) is 5.11. The summed E-state index contributed by atoms with van der Waals surface area (Å²) in [7, 11) is 0. The van der Waals surface area contributed by atoms with Crippen molar-refractivity contribution in [3.63, 3.8) is 0 Å². The van der Waals surface area contributed by atoms with Gasteiger partial charge in [0.25, 0.3) is 0 Å². The third-order valence-corrected chi connectivity index (χ3v) is 5.24. The van der Waals surface area contributed by atoms with Gasteiger partial charge >= 0.3 is 151 Å². The number of aliphatic hydroxyl groups is 1. The summed E-state index contributed by atoms with van der Waals surface area (Å²) in [6, 6.07) is 5.81. The Hall–Kier alpha value is -1.76. The van der Waals surface area contributed by atoms with Crippen LogP contribution in [-0.4, -0.2) is 54.9 Å². The van der Waals surface area contributed by atoms with Crippen molar-refractivity contribution >= 4 is 44.3 Å². The maximum absolute atomic E-state index is 9.17. The zero-order valence-corrected chi connectivity index (χ0v) is 15.2. The Morgan fingerprint density at radius 1 is 1.25 bits per heavy atom. The van der Waals surface area contributed by atoms with E-state index in [0.717, 1.165) is 37.2 Å². The third kappa shape index (κ3) is 2.85. The molecule has 0 spiro atoms. The van der Waals surface area contributed by atoms with Crippen molar-refractivity contribution in [1.29, 1.82) is 0 Å². The van der Waals surface area contributed by atoms with Crippen molar-refractivity contribution in [2.24, 2.45) is 0 Å². The van der Waals surface area contributed by atoms with Gasteiger partial charge in [-0.1, -0.05) is 0 Å². The van der Waals surface area contributed by atoms with E-state index >= 15 is 0 Å². The zero-order valence-electron chi connectivity index (χ0n) is 12.5. The number of hydrogen-bond acceptors (Lipinski definition) is 7. The van der Waals surface area contributed by atoms with Crippen LogP contribution in [0.25, 0.3) is 11.2 Å². The number of fused-ring (bicyclic) bond motifs is 2. The van der Waals surface area contributed by atoms with E-state index in [4.69, 9.17) is 9.47 Å². The van der Waals surface area contributed by atoms with Crippen LogP contribution in [0.1, 0.15) is 6.42 Å². The Morgan fingerprint density at radius 2 is 2.12 bits per heavy atom. The number of aliphatic hydroxyl groups excluding tert-OH is 1. The molecule has 0 saturated heterocycles. The van der Waals surface area contributed by atoms with Gasteiger partial charge in [-0.05, 0) is 0 Å². The predicted octanol–water partition coefficient (Wildman–Crippen LogP) is 0.882. The van der Waals surface area contributed by atoms with Crippen molar-refractivity contribution in [3.8, 4) is 11.5 Å². The summed E-state index contributed by atoms with van der Waals surface area (Å²) in [6.45, 7) is 1.02. The molecule has 9 heteroatoms. The van der Waals surface area contributed by atoms with Crippen LogP contribution in [0.5, 0.6) is 11.5 Å². The van der Waals surface area contributed by atoms with Gasteiger partial charge in [-0.15, -0.1) is 0 Å². The van der Waals surface area contributed by atoms with Crippen molar-refractivity contribution in [2.75, 3.05) is 13.4 Å². The minimum atomic E-state index is 0.119. The molecule has 0 aliphatic carbocycles. The topological polar surface area (TPSA) is 82.3 Å². The predicted molar refractivity (Wildman–Crippen MR) is 89.1 cm³/mol. The van der Waals surface area contributed by atoms with Crippen LogP contribution in [0.15, 0.2) is 34.6 Å². The zero-order chi connectivity index (χ0) is 16.5. The fraction of sp³-hybridized carbons (Fsp3) is 0.267. The summed E-state index contributed by atoms with van der Waals surface area (Å²) in [5.74, 6) is 1.50. The average molecular weight is 404 g/mol. The molecule has 1 aliphatic heterocycles. The molecule has 3 heterocycles. The molecule has 1 aliphatic rings. The second-order valence-corrected chi connectivity index (χ2v) is 7.04. The summed E-state index contributed by atoms with van der Waals surface area (Å²) < 4.78 is 13.6. The van der Waals surface area contributed by atoms with Gasteiger partial charge in [-0.3, -0.25) is 0 Å². The summed E-state index contributed by atoms with van der Waals surface area (Å²) >= 11 is 3.94. The number of benzene rings is 1. The molecule has 7 nitrogen and oxygen atoms in total. The number of aryl methyl sites for hydroxylation is 1. The molecule has 0 saturated carbocycles. The first-order chi connectivity index (χ1) is 11.8. The van der Waals surface area contributed by atoms with Crippen LogP contribution in [0.4, 0.5) is 0 Å². The Bertz CT molecular complexity index is 902. The molecular formula is C15H13AsN4O3S. The van der Waals surface area contributed by atoms with Crippen LogP contribution >= 0.6 is 11.8 Å². The van der Waals surface area contributed by atoms with E-state index in [1.807, 2.05) is 22.8 Å². The first kappa shape index (κ1) is 15.7. The van der Waals surface area contributed by atoms with Crippen LogP contribution in [0, 0.1) is 0 Å². The Balaban J connectivity index is 1.73. The number of hydrogen-bond donors (Lipinski definition) is 1. The first-order valence-electron chi connectivity index (χ1n) is 7.35. The van der Waals surface area contributed by atoms with Crippen molar-refractivity contribution in [2.45, 2.75) is 23.0 Å². The molecular weight excluding hydrogens is 391 g/mol. The molecule has 0 amide bonds. The van der Waals surface area contributed by atoms with Gasteiger partial charge in [0.05, 0.1) is 0 Å². The molecule has 3 aromatic rings. The maximum atomic E-state index is 9.17. The van der Waals surface area contributed by atoms with Crippen molar-refractivity contribution < 1.29 is 14.6 Å². The molecule has 122 valence electrons. The molecule has 4 rings (SSSR count). The fourth-order valence-corrected chi connectivity index (χ4v) is 3.82. The van der Waals surface area contributed by atoms with Gasteiger partial charge in [0.15, 0.2) is 0 Å². The van der Waals surface area contributed by atoms with Crippen molar-refractivity contribution in [1.82, 2.24) is 19.5 Å². The van der Waals surface area contributed by atoms with Crippen LogP contribution < -0.4 is 14.0 Å². The summed E-state index contributed by atoms with van der Waals surface area (Å²) in [5, 5.41) is 9.98. The summed E-state index contributed by atoms with van der Waals surface area (Å²) in [6.07, 6.45) is 2.17. The van der Waals surface area contributed by atoms with E-state index in [1.165, 1.54) is 18.1 Å². The summed E-state index contributed by atoms with van der Waals surface area (Å²) in [4.78, 5) is 14.2. The van der Waals surface area contributed by atoms with Gasteiger partial charge in [-0.2, -0.15) is 0 Å². The number of nitrogens with zero attached hydrogens (tertiary/aromatic N) is 4. The van der Waals surface area contributed by atoms with Crippen molar-refractivity contribution in [3.05, 3.63) is 24.5 Å². The Kier molecular flexibility index (Phi) is 4.35. The molecule has 0 atom stereocenters. The molecule has 0 bridgehead atoms. The van der Waals surface area contributed by atoms with Gasteiger partial charge in [-0.25, -0.2) is 0 Å². The Morgan fingerprint density at radius 3 is 3.00 bits per heavy atom. The van der Waals surface area contributed by atoms with E-state index in [2.05, 4.69) is 31.8 Å². The Labute approximate surface area is 150 Å². The molecule has 1 aromatic carbocycles. The second kappa shape index (κ2) is 6.62. The first-order valence-corrected chi connectivity index (χ1v) is 9.10. The molecule has 2 aromatic heterocycles. The van der Waals surface area contributed by atoms with E-state index < -0.39 is 0 Å². The number of rotatable bonds is 5. The third-order valence-electron chi connectivity index (χ3n) is 3.57. The molecule has 24 heavy (non-hydrogen) atoms. The van der Waals surface area contributed by atoms with E-state index in [0.29, 0.717) is 13.0 Å². The molecule has 2 radical (unpaired) electrons. The number of imidazole rings is 1.